The van der Waals surface area contributed by atoms with E-state index in [9.17, 15) is 9.59 Å². The minimum atomic E-state index is -0.707. The Morgan fingerprint density at radius 2 is 1.76 bits per heavy atom. The lowest BCUT2D eigenvalue weighted by Gasteiger charge is -2.08. The van der Waals surface area contributed by atoms with Crippen LogP contribution in [0.5, 0.6) is 5.75 Å². The van der Waals surface area contributed by atoms with Gasteiger partial charge < -0.3 is 15.2 Å². The number of carboxylic acid groups (broad SMARTS) is 1. The maximum absolute atomic E-state index is 12.6. The number of fused-ring (bicyclic) bond motifs is 1. The summed E-state index contributed by atoms with van der Waals surface area (Å²) in [6.45, 7) is 4.96. The van der Waals surface area contributed by atoms with Crippen LogP contribution >= 0.6 is 0 Å². The normalized spacial score (nSPS) is 11.0. The fourth-order valence-corrected chi connectivity index (χ4v) is 3.45. The summed E-state index contributed by atoms with van der Waals surface area (Å²) < 4.78 is 7.40. The highest BCUT2D eigenvalue weighted by Gasteiger charge is 2.18. The summed E-state index contributed by atoms with van der Waals surface area (Å²) in [5.41, 5.74) is 1.92. The van der Waals surface area contributed by atoms with Crippen molar-refractivity contribution in [2.75, 3.05) is 13.2 Å². The molecule has 0 spiro atoms. The minimum Gasteiger partial charge on any atom is -0.490 e. The number of pyridine rings is 1. The molecule has 2 aromatic heterocycles. The summed E-state index contributed by atoms with van der Waals surface area (Å²) in [6.07, 6.45) is 10.5. The molecule has 0 atom stereocenters. The summed E-state index contributed by atoms with van der Waals surface area (Å²) in [4.78, 5) is 27.6. The van der Waals surface area contributed by atoms with E-state index in [1.165, 1.54) is 0 Å². The van der Waals surface area contributed by atoms with Crippen LogP contribution in [0.25, 0.3) is 5.65 Å². The van der Waals surface area contributed by atoms with Crippen molar-refractivity contribution in [2.45, 2.75) is 71.6 Å². The zero-order valence-corrected chi connectivity index (χ0v) is 17.6. The zero-order valence-electron chi connectivity index (χ0n) is 17.6. The lowest BCUT2D eigenvalue weighted by atomic mass is 10.1. The lowest BCUT2D eigenvalue weighted by molar-refractivity contribution is -0.137. The maximum atomic E-state index is 12.6. The predicted molar refractivity (Wildman–Crippen MR) is 113 cm³/mol. The van der Waals surface area contributed by atoms with E-state index in [2.05, 4.69) is 10.3 Å². The van der Waals surface area contributed by atoms with Crippen molar-refractivity contribution in [2.24, 2.45) is 0 Å². The van der Waals surface area contributed by atoms with Gasteiger partial charge in [0.15, 0.2) is 11.4 Å². The molecule has 0 aliphatic carbocycles. The van der Waals surface area contributed by atoms with Crippen LogP contribution < -0.4 is 10.1 Å². The highest BCUT2D eigenvalue weighted by atomic mass is 16.5. The number of hydrogen-bond acceptors (Lipinski definition) is 4. The second kappa shape index (κ2) is 12.1. The van der Waals surface area contributed by atoms with Gasteiger partial charge in [0.2, 0.25) is 0 Å². The third-order valence-electron chi connectivity index (χ3n) is 4.91. The molecule has 160 valence electrons. The van der Waals surface area contributed by atoms with E-state index < -0.39 is 5.97 Å². The van der Waals surface area contributed by atoms with Crippen molar-refractivity contribution in [1.29, 1.82) is 0 Å². The molecule has 2 heterocycles. The number of aliphatic carboxylic acids is 1. The highest BCUT2D eigenvalue weighted by Crippen LogP contribution is 2.22. The van der Waals surface area contributed by atoms with Gasteiger partial charge in [0.05, 0.1) is 12.3 Å². The van der Waals surface area contributed by atoms with Crippen LogP contribution in [-0.2, 0) is 4.79 Å². The van der Waals surface area contributed by atoms with Crippen molar-refractivity contribution in [3.8, 4) is 5.75 Å². The van der Waals surface area contributed by atoms with Gasteiger partial charge in [-0.05, 0) is 38.8 Å². The number of carbonyl (C=O) groups is 2. The molecule has 0 radical (unpaired) electrons. The number of nitrogens with zero attached hydrogens (tertiary/aromatic N) is 2. The average Bonchev–Trinajstić information content (AvgIpc) is 3.03. The van der Waals surface area contributed by atoms with E-state index in [4.69, 9.17) is 9.84 Å². The van der Waals surface area contributed by atoms with Crippen LogP contribution in [0.2, 0.25) is 0 Å². The van der Waals surface area contributed by atoms with E-state index in [1.807, 2.05) is 32.2 Å². The number of hydrogen-bond donors (Lipinski definition) is 2. The zero-order chi connectivity index (χ0) is 21.1. The number of rotatable bonds is 14. The van der Waals surface area contributed by atoms with Crippen LogP contribution in [0.1, 0.15) is 80.9 Å². The molecular formula is C22H33N3O4. The molecular weight excluding hydrogens is 370 g/mol. The monoisotopic (exact) mass is 403 g/mol. The van der Waals surface area contributed by atoms with Crippen molar-refractivity contribution in [3.63, 3.8) is 0 Å². The molecule has 0 bridgehead atoms. The topological polar surface area (TPSA) is 92.9 Å². The molecule has 7 nitrogen and oxygen atoms in total. The third-order valence-corrected chi connectivity index (χ3v) is 4.91. The van der Waals surface area contributed by atoms with Gasteiger partial charge in [-0.2, -0.15) is 0 Å². The Kier molecular flexibility index (Phi) is 9.47. The van der Waals surface area contributed by atoms with Crippen LogP contribution in [0, 0.1) is 6.92 Å². The number of amides is 1. The number of carbonyl (C=O) groups excluding carboxylic acids is 1. The molecule has 2 aromatic rings. The van der Waals surface area contributed by atoms with Gasteiger partial charge in [0.25, 0.3) is 5.91 Å². The quantitative estimate of drug-likeness (QED) is 0.457. The Hall–Kier alpha value is -2.57. The van der Waals surface area contributed by atoms with E-state index in [1.54, 1.807) is 4.40 Å². The SMILES string of the molecule is CCOc1cccn2c(C(=O)NCCCCCCCCCCC(=O)O)c(C)nc12. The smallest absolute Gasteiger partial charge is 0.303 e. The van der Waals surface area contributed by atoms with E-state index in [0.29, 0.717) is 35.9 Å². The van der Waals surface area contributed by atoms with Crippen molar-refractivity contribution < 1.29 is 19.4 Å². The highest BCUT2D eigenvalue weighted by molar-refractivity contribution is 5.94. The molecule has 0 aliphatic rings. The van der Waals surface area contributed by atoms with Gasteiger partial charge in [-0.3, -0.25) is 14.0 Å². The molecule has 0 unspecified atom stereocenters. The fraction of sp³-hybridized carbons (Fsp3) is 0.591. The fourth-order valence-electron chi connectivity index (χ4n) is 3.45. The molecule has 0 saturated heterocycles. The van der Waals surface area contributed by atoms with Gasteiger partial charge in [0.1, 0.15) is 5.69 Å². The summed E-state index contributed by atoms with van der Waals surface area (Å²) in [6, 6.07) is 3.72. The number of unbranched alkanes of at least 4 members (excludes halogenated alkanes) is 7. The standard InChI is InChI=1S/C22H33N3O4/c1-3-29-18-13-12-16-25-20(17(2)24-21(18)25)22(28)23-15-11-9-7-5-4-6-8-10-14-19(26)27/h12-13,16H,3-11,14-15H2,1-2H3,(H,23,28)(H,26,27). The van der Waals surface area contributed by atoms with E-state index >= 15 is 0 Å². The number of carboxylic acids is 1. The Balaban J connectivity index is 1.68. The summed E-state index contributed by atoms with van der Waals surface area (Å²) in [5.74, 6) is -0.136. The first-order chi connectivity index (χ1) is 14.0. The van der Waals surface area contributed by atoms with E-state index in [0.717, 1.165) is 51.4 Å². The number of imidazole rings is 1. The predicted octanol–water partition coefficient (Wildman–Crippen LogP) is 4.37. The molecule has 29 heavy (non-hydrogen) atoms. The first-order valence-corrected chi connectivity index (χ1v) is 10.6. The third kappa shape index (κ3) is 7.07. The Bertz CT molecular complexity index is 801. The summed E-state index contributed by atoms with van der Waals surface area (Å²) >= 11 is 0. The van der Waals surface area contributed by atoms with Gasteiger partial charge in [0, 0.05) is 19.2 Å². The molecule has 1 amide bonds. The number of aryl methyl sites for hydroxylation is 1. The number of ether oxygens (including phenoxy) is 1. The number of aromatic nitrogens is 2. The van der Waals surface area contributed by atoms with Crippen LogP contribution in [0.15, 0.2) is 18.3 Å². The molecule has 0 fully saturated rings. The Labute approximate surface area is 172 Å². The largest absolute Gasteiger partial charge is 0.490 e. The Morgan fingerprint density at radius 3 is 2.41 bits per heavy atom. The summed E-state index contributed by atoms with van der Waals surface area (Å²) in [7, 11) is 0. The summed E-state index contributed by atoms with van der Waals surface area (Å²) in [5, 5.41) is 11.6. The van der Waals surface area contributed by atoms with Crippen molar-refractivity contribution >= 4 is 17.5 Å². The van der Waals surface area contributed by atoms with E-state index in [-0.39, 0.29) is 12.3 Å². The average molecular weight is 404 g/mol. The van der Waals surface area contributed by atoms with Crippen LogP contribution in [-0.4, -0.2) is 39.5 Å². The molecule has 0 saturated carbocycles. The van der Waals surface area contributed by atoms with Crippen molar-refractivity contribution in [3.05, 3.63) is 29.7 Å². The second-order valence-corrected chi connectivity index (χ2v) is 7.27. The number of nitrogens with one attached hydrogen (secondary N) is 1. The van der Waals surface area contributed by atoms with Gasteiger partial charge in [-0.25, -0.2) is 4.98 Å². The van der Waals surface area contributed by atoms with Gasteiger partial charge >= 0.3 is 5.97 Å². The Morgan fingerprint density at radius 1 is 1.10 bits per heavy atom. The first kappa shape index (κ1) is 22.7. The molecule has 0 aromatic carbocycles. The maximum Gasteiger partial charge on any atom is 0.303 e. The minimum absolute atomic E-state index is 0.109. The second-order valence-electron chi connectivity index (χ2n) is 7.27. The van der Waals surface area contributed by atoms with Crippen LogP contribution in [0.3, 0.4) is 0 Å². The van der Waals surface area contributed by atoms with Crippen LogP contribution in [0.4, 0.5) is 0 Å². The van der Waals surface area contributed by atoms with Gasteiger partial charge in [-0.1, -0.05) is 38.5 Å². The first-order valence-electron chi connectivity index (χ1n) is 10.6. The molecule has 7 heteroatoms. The van der Waals surface area contributed by atoms with Gasteiger partial charge in [-0.15, -0.1) is 0 Å². The lowest BCUT2D eigenvalue weighted by Crippen LogP contribution is -2.26. The molecule has 2 rings (SSSR count). The van der Waals surface area contributed by atoms with Crippen molar-refractivity contribution in [1.82, 2.24) is 14.7 Å². The molecule has 0 aliphatic heterocycles. The molecule has 2 N–H and O–H groups in total.